The van der Waals surface area contributed by atoms with Gasteiger partial charge in [-0.05, 0) is 36.6 Å². The molecule has 1 atom stereocenters. The second-order valence-electron chi connectivity index (χ2n) is 5.86. The molecule has 1 aromatic rings. The molecule has 0 saturated heterocycles. The van der Waals surface area contributed by atoms with Gasteiger partial charge in [0.25, 0.3) is 0 Å². The fourth-order valence-corrected chi connectivity index (χ4v) is 2.79. The molecular formula is C14H21NO5S. The third-order valence-electron chi connectivity index (χ3n) is 3.13. The lowest BCUT2D eigenvalue weighted by Gasteiger charge is -2.27. The first-order valence-corrected chi connectivity index (χ1v) is 7.97. The first-order valence-electron chi connectivity index (χ1n) is 6.49. The fourth-order valence-electron chi connectivity index (χ4n) is 1.34. The summed E-state index contributed by atoms with van der Waals surface area (Å²) >= 11 is 0. The van der Waals surface area contributed by atoms with Gasteiger partial charge in [-0.15, -0.1) is 0 Å². The average molecular weight is 315 g/mol. The van der Waals surface area contributed by atoms with Crippen LogP contribution in [0.5, 0.6) is 5.75 Å². The monoisotopic (exact) mass is 315 g/mol. The van der Waals surface area contributed by atoms with Crippen LogP contribution in [0, 0.1) is 5.41 Å². The topological polar surface area (TPSA) is 92.7 Å². The van der Waals surface area contributed by atoms with Crippen molar-refractivity contribution in [3.63, 3.8) is 0 Å². The number of hydrogen-bond donors (Lipinski definition) is 2. The third kappa shape index (κ3) is 5.35. The largest absolute Gasteiger partial charge is 0.482 e. The van der Waals surface area contributed by atoms with Crippen molar-refractivity contribution in [2.45, 2.75) is 38.6 Å². The van der Waals surface area contributed by atoms with E-state index in [9.17, 15) is 13.2 Å². The van der Waals surface area contributed by atoms with Crippen molar-refractivity contribution in [1.82, 2.24) is 4.72 Å². The number of carbonyl (C=O) groups is 1. The van der Waals surface area contributed by atoms with Crippen LogP contribution in [0.2, 0.25) is 0 Å². The molecule has 0 spiro atoms. The van der Waals surface area contributed by atoms with Gasteiger partial charge in [0, 0.05) is 6.04 Å². The molecule has 1 unspecified atom stereocenters. The van der Waals surface area contributed by atoms with Crippen LogP contribution in [0.15, 0.2) is 29.2 Å². The quantitative estimate of drug-likeness (QED) is 0.836. The molecule has 0 radical (unpaired) electrons. The highest BCUT2D eigenvalue weighted by molar-refractivity contribution is 7.89. The average Bonchev–Trinajstić information content (AvgIpc) is 2.35. The molecule has 0 amide bonds. The van der Waals surface area contributed by atoms with Crippen LogP contribution >= 0.6 is 0 Å². The highest BCUT2D eigenvalue weighted by Crippen LogP contribution is 2.22. The van der Waals surface area contributed by atoms with Gasteiger partial charge in [0.1, 0.15) is 5.75 Å². The van der Waals surface area contributed by atoms with Crippen LogP contribution in [0.1, 0.15) is 27.7 Å². The van der Waals surface area contributed by atoms with E-state index in [0.29, 0.717) is 5.75 Å². The molecule has 118 valence electrons. The van der Waals surface area contributed by atoms with E-state index in [1.807, 2.05) is 27.7 Å². The number of carboxylic acid groups (broad SMARTS) is 1. The van der Waals surface area contributed by atoms with E-state index in [0.717, 1.165) is 0 Å². The summed E-state index contributed by atoms with van der Waals surface area (Å²) in [4.78, 5) is 10.5. The zero-order valence-electron chi connectivity index (χ0n) is 12.6. The van der Waals surface area contributed by atoms with Crippen molar-refractivity contribution in [3.05, 3.63) is 24.3 Å². The second-order valence-corrected chi connectivity index (χ2v) is 7.58. The van der Waals surface area contributed by atoms with Crippen LogP contribution in [0.25, 0.3) is 0 Å². The molecular weight excluding hydrogens is 294 g/mol. The van der Waals surface area contributed by atoms with Gasteiger partial charge in [-0.2, -0.15) is 0 Å². The number of sulfonamides is 1. The summed E-state index contributed by atoms with van der Waals surface area (Å²) in [6.45, 7) is 7.18. The van der Waals surface area contributed by atoms with Gasteiger partial charge in [0.2, 0.25) is 10.0 Å². The van der Waals surface area contributed by atoms with E-state index in [4.69, 9.17) is 9.84 Å². The van der Waals surface area contributed by atoms with E-state index in [1.54, 1.807) is 0 Å². The zero-order valence-corrected chi connectivity index (χ0v) is 13.4. The Hall–Kier alpha value is -1.60. The number of rotatable bonds is 6. The predicted octanol–water partition coefficient (Wildman–Crippen LogP) is 1.86. The van der Waals surface area contributed by atoms with E-state index in [-0.39, 0.29) is 16.4 Å². The van der Waals surface area contributed by atoms with Crippen molar-refractivity contribution in [1.29, 1.82) is 0 Å². The van der Waals surface area contributed by atoms with Crippen molar-refractivity contribution in [3.8, 4) is 5.75 Å². The molecule has 0 saturated carbocycles. The Morgan fingerprint density at radius 1 is 1.29 bits per heavy atom. The number of carboxylic acids is 1. The van der Waals surface area contributed by atoms with Gasteiger partial charge in [-0.25, -0.2) is 17.9 Å². The van der Waals surface area contributed by atoms with Gasteiger partial charge in [0.15, 0.2) is 6.61 Å². The molecule has 7 heteroatoms. The number of ether oxygens (including phenoxy) is 1. The smallest absolute Gasteiger partial charge is 0.341 e. The minimum Gasteiger partial charge on any atom is -0.482 e. The summed E-state index contributed by atoms with van der Waals surface area (Å²) in [6.07, 6.45) is 0. The zero-order chi connectivity index (χ0) is 16.3. The number of benzene rings is 1. The fraction of sp³-hybridized carbons (Fsp3) is 0.500. The Bertz CT molecular complexity index is 587. The van der Waals surface area contributed by atoms with E-state index in [2.05, 4.69) is 4.72 Å². The molecule has 6 nitrogen and oxygen atoms in total. The van der Waals surface area contributed by atoms with Crippen molar-refractivity contribution < 1.29 is 23.1 Å². The Morgan fingerprint density at radius 2 is 1.81 bits per heavy atom. The summed E-state index contributed by atoms with van der Waals surface area (Å²) in [6, 6.07) is 5.40. The van der Waals surface area contributed by atoms with E-state index < -0.39 is 22.6 Å². The standard InChI is InChI=1S/C14H21NO5S/c1-10(14(2,3)4)15-21(18,19)12-7-5-11(6-8-12)20-9-13(16)17/h5-8,10,15H,9H2,1-4H3,(H,16,17). The number of aliphatic carboxylic acids is 1. The first kappa shape index (κ1) is 17.5. The van der Waals surface area contributed by atoms with Gasteiger partial charge in [-0.1, -0.05) is 20.8 Å². The SMILES string of the molecule is CC(NS(=O)(=O)c1ccc(OCC(=O)O)cc1)C(C)(C)C. The second kappa shape index (κ2) is 6.44. The van der Waals surface area contributed by atoms with Gasteiger partial charge < -0.3 is 9.84 Å². The molecule has 0 aliphatic carbocycles. The van der Waals surface area contributed by atoms with Crippen molar-refractivity contribution in [2.75, 3.05) is 6.61 Å². The predicted molar refractivity (Wildman–Crippen MR) is 78.8 cm³/mol. The molecule has 21 heavy (non-hydrogen) atoms. The molecule has 1 aromatic carbocycles. The molecule has 1 rings (SSSR count). The highest BCUT2D eigenvalue weighted by Gasteiger charge is 2.25. The highest BCUT2D eigenvalue weighted by atomic mass is 32.2. The van der Waals surface area contributed by atoms with Crippen molar-refractivity contribution >= 4 is 16.0 Å². The summed E-state index contributed by atoms with van der Waals surface area (Å²) in [5.74, 6) is -0.785. The first-order chi connectivity index (χ1) is 9.52. The minimum absolute atomic E-state index is 0.112. The van der Waals surface area contributed by atoms with Gasteiger partial charge in [0.05, 0.1) is 4.90 Å². The maximum Gasteiger partial charge on any atom is 0.341 e. The molecule has 0 fully saturated rings. The minimum atomic E-state index is -3.61. The Morgan fingerprint density at radius 3 is 2.24 bits per heavy atom. The Labute approximate surface area is 125 Å². The van der Waals surface area contributed by atoms with Gasteiger partial charge in [-0.3, -0.25) is 0 Å². The van der Waals surface area contributed by atoms with Gasteiger partial charge >= 0.3 is 5.97 Å². The Kier molecular flexibility index (Phi) is 5.36. The van der Waals surface area contributed by atoms with Crippen molar-refractivity contribution in [2.24, 2.45) is 5.41 Å². The van der Waals surface area contributed by atoms with Crippen LogP contribution in [-0.4, -0.2) is 32.1 Å². The van der Waals surface area contributed by atoms with E-state index >= 15 is 0 Å². The summed E-state index contributed by atoms with van der Waals surface area (Å²) in [7, 11) is -3.61. The summed E-state index contributed by atoms with van der Waals surface area (Å²) in [5.41, 5.74) is -0.197. The third-order valence-corrected chi connectivity index (χ3v) is 4.68. The van der Waals surface area contributed by atoms with E-state index in [1.165, 1.54) is 24.3 Å². The number of hydrogen-bond acceptors (Lipinski definition) is 4. The lowest BCUT2D eigenvalue weighted by Crippen LogP contribution is -2.41. The molecule has 2 N–H and O–H groups in total. The van der Waals surface area contributed by atoms with Crippen LogP contribution < -0.4 is 9.46 Å². The normalized spacial score (nSPS) is 13.7. The molecule has 0 aliphatic heterocycles. The maximum atomic E-state index is 12.2. The van der Waals surface area contributed by atoms with Crippen LogP contribution in [0.3, 0.4) is 0 Å². The number of nitrogens with one attached hydrogen (secondary N) is 1. The molecule has 0 bridgehead atoms. The summed E-state index contributed by atoms with van der Waals surface area (Å²) in [5, 5.41) is 8.50. The molecule has 0 aliphatic rings. The lowest BCUT2D eigenvalue weighted by atomic mass is 9.89. The molecule has 0 aromatic heterocycles. The maximum absolute atomic E-state index is 12.2. The van der Waals surface area contributed by atoms with Crippen LogP contribution in [-0.2, 0) is 14.8 Å². The Balaban J connectivity index is 2.83. The summed E-state index contributed by atoms with van der Waals surface area (Å²) < 4.78 is 32.0. The molecule has 0 heterocycles. The lowest BCUT2D eigenvalue weighted by molar-refractivity contribution is -0.139. The van der Waals surface area contributed by atoms with Crippen LogP contribution in [0.4, 0.5) is 0 Å².